The van der Waals surface area contributed by atoms with Gasteiger partial charge in [0, 0.05) is 5.92 Å². The first kappa shape index (κ1) is 26.9. The van der Waals surface area contributed by atoms with Gasteiger partial charge in [0.05, 0.1) is 19.8 Å². The normalized spacial score (nSPS) is 13.2. The molecule has 0 aliphatic heterocycles. The van der Waals surface area contributed by atoms with Crippen LogP contribution in [0.1, 0.15) is 125 Å². The van der Waals surface area contributed by atoms with E-state index < -0.39 is 5.97 Å². The summed E-state index contributed by atoms with van der Waals surface area (Å²) in [5.41, 5.74) is 0. The van der Waals surface area contributed by atoms with Gasteiger partial charge in [0.1, 0.15) is 0 Å². The predicted molar refractivity (Wildman–Crippen MR) is 117 cm³/mol. The van der Waals surface area contributed by atoms with Crippen LogP contribution in [-0.4, -0.2) is 25.8 Å². The molecular formula is C24H50O3. The predicted octanol–water partition coefficient (Wildman–Crippen LogP) is 7.87. The second-order valence-corrected chi connectivity index (χ2v) is 7.90. The van der Waals surface area contributed by atoms with Crippen molar-refractivity contribution in [1.29, 1.82) is 0 Å². The maximum Gasteiger partial charge on any atom is 0.285 e. The largest absolute Gasteiger partial charge is 0.327 e. The Balaban J connectivity index is 5.04. The summed E-state index contributed by atoms with van der Waals surface area (Å²) in [7, 11) is 0. The molecule has 0 fully saturated rings. The highest BCUT2D eigenvalue weighted by molar-refractivity contribution is 4.73. The fourth-order valence-corrected chi connectivity index (χ4v) is 3.52. The fraction of sp³-hybridized carbons (Fsp3) is 1.00. The Morgan fingerprint density at radius 3 is 1.30 bits per heavy atom. The summed E-state index contributed by atoms with van der Waals surface area (Å²) in [6.45, 7) is 13.1. The fourth-order valence-electron chi connectivity index (χ4n) is 3.52. The zero-order valence-corrected chi connectivity index (χ0v) is 19.3. The molecule has 1 atom stereocenters. The van der Waals surface area contributed by atoms with Crippen LogP contribution in [0, 0.1) is 5.92 Å². The Hall–Kier alpha value is -0.120. The lowest BCUT2D eigenvalue weighted by atomic mass is 9.92. The summed E-state index contributed by atoms with van der Waals surface area (Å²) in [5, 5.41) is 0. The van der Waals surface area contributed by atoms with Gasteiger partial charge in [-0.05, 0) is 32.1 Å². The molecule has 0 saturated carbocycles. The van der Waals surface area contributed by atoms with Gasteiger partial charge in [-0.25, -0.2) is 0 Å². The maximum atomic E-state index is 6.33. The minimum atomic E-state index is -0.834. The van der Waals surface area contributed by atoms with Crippen molar-refractivity contribution in [2.75, 3.05) is 19.8 Å². The molecule has 0 saturated heterocycles. The van der Waals surface area contributed by atoms with Gasteiger partial charge in [0.15, 0.2) is 0 Å². The van der Waals surface area contributed by atoms with Crippen molar-refractivity contribution in [3.63, 3.8) is 0 Å². The van der Waals surface area contributed by atoms with Gasteiger partial charge in [-0.2, -0.15) is 0 Å². The van der Waals surface area contributed by atoms with Crippen LogP contribution in [-0.2, 0) is 14.2 Å². The van der Waals surface area contributed by atoms with Crippen LogP contribution in [0.3, 0.4) is 0 Å². The SMILES string of the molecule is CCCCCCCCC(CCCCC)C(OCCC)(OCCC)OCCC. The molecule has 0 aromatic carbocycles. The second-order valence-electron chi connectivity index (χ2n) is 7.90. The quantitative estimate of drug-likeness (QED) is 0.148. The van der Waals surface area contributed by atoms with Crippen LogP contribution in [0.2, 0.25) is 0 Å². The third kappa shape index (κ3) is 12.9. The molecular weight excluding hydrogens is 336 g/mol. The van der Waals surface area contributed by atoms with Crippen molar-refractivity contribution in [2.45, 2.75) is 130 Å². The Kier molecular flexibility index (Phi) is 19.1. The third-order valence-electron chi connectivity index (χ3n) is 5.08. The lowest BCUT2D eigenvalue weighted by Crippen LogP contribution is -2.47. The Bertz CT molecular complexity index is 272. The summed E-state index contributed by atoms with van der Waals surface area (Å²) in [6, 6.07) is 0. The smallest absolute Gasteiger partial charge is 0.285 e. The van der Waals surface area contributed by atoms with Crippen LogP contribution >= 0.6 is 0 Å². The minimum Gasteiger partial charge on any atom is -0.327 e. The van der Waals surface area contributed by atoms with E-state index in [0.29, 0.717) is 25.7 Å². The molecule has 0 aromatic heterocycles. The molecule has 1 unspecified atom stereocenters. The summed E-state index contributed by atoms with van der Waals surface area (Å²) >= 11 is 0. The van der Waals surface area contributed by atoms with Gasteiger partial charge in [-0.1, -0.05) is 92.4 Å². The van der Waals surface area contributed by atoms with Crippen LogP contribution in [0.5, 0.6) is 0 Å². The van der Waals surface area contributed by atoms with E-state index >= 15 is 0 Å². The van der Waals surface area contributed by atoms with Gasteiger partial charge >= 0.3 is 0 Å². The van der Waals surface area contributed by atoms with E-state index in [1.165, 1.54) is 57.8 Å². The Labute approximate surface area is 170 Å². The van der Waals surface area contributed by atoms with Crippen LogP contribution in [0.4, 0.5) is 0 Å². The summed E-state index contributed by atoms with van der Waals surface area (Å²) < 4.78 is 19.0. The number of rotatable bonds is 21. The van der Waals surface area contributed by atoms with E-state index in [0.717, 1.165) is 32.1 Å². The molecule has 0 bridgehead atoms. The molecule has 0 amide bonds. The lowest BCUT2D eigenvalue weighted by molar-refractivity contribution is -0.406. The molecule has 3 heteroatoms. The first-order chi connectivity index (χ1) is 13.2. The van der Waals surface area contributed by atoms with Gasteiger partial charge in [0.2, 0.25) is 0 Å². The number of ether oxygens (including phenoxy) is 3. The number of unbranched alkanes of at least 4 members (excludes halogenated alkanes) is 7. The summed E-state index contributed by atoms with van der Waals surface area (Å²) in [5.74, 6) is -0.501. The first-order valence-electron chi connectivity index (χ1n) is 12.1. The van der Waals surface area contributed by atoms with Gasteiger partial charge in [-0.15, -0.1) is 0 Å². The van der Waals surface area contributed by atoms with Crippen LogP contribution in [0.25, 0.3) is 0 Å². The molecule has 0 radical (unpaired) electrons. The minimum absolute atomic E-state index is 0.333. The molecule has 0 rings (SSSR count). The maximum absolute atomic E-state index is 6.33. The van der Waals surface area contributed by atoms with Crippen molar-refractivity contribution >= 4 is 0 Å². The van der Waals surface area contributed by atoms with Gasteiger partial charge < -0.3 is 14.2 Å². The molecule has 0 aliphatic rings. The van der Waals surface area contributed by atoms with Crippen LogP contribution in [0.15, 0.2) is 0 Å². The molecule has 0 heterocycles. The topological polar surface area (TPSA) is 27.7 Å². The highest BCUT2D eigenvalue weighted by atomic mass is 16.9. The van der Waals surface area contributed by atoms with E-state index in [1.807, 2.05) is 0 Å². The standard InChI is InChI=1S/C24H50O3/c1-6-11-13-14-15-17-19-23(18-16-12-7-2)24(25-20-8-3,26-21-9-4)27-22-10-5/h23H,6-22H2,1-5H3. The van der Waals surface area contributed by atoms with E-state index in [4.69, 9.17) is 14.2 Å². The average Bonchev–Trinajstić information content (AvgIpc) is 2.69. The Morgan fingerprint density at radius 2 is 0.852 bits per heavy atom. The average molecular weight is 387 g/mol. The van der Waals surface area contributed by atoms with Gasteiger partial charge in [-0.3, -0.25) is 0 Å². The van der Waals surface area contributed by atoms with E-state index in [-0.39, 0.29) is 0 Å². The van der Waals surface area contributed by atoms with Crippen molar-refractivity contribution in [2.24, 2.45) is 5.92 Å². The molecule has 0 aliphatic carbocycles. The molecule has 3 nitrogen and oxygen atoms in total. The second kappa shape index (κ2) is 19.2. The molecule has 164 valence electrons. The molecule has 0 N–H and O–H groups in total. The van der Waals surface area contributed by atoms with E-state index in [2.05, 4.69) is 34.6 Å². The van der Waals surface area contributed by atoms with E-state index in [1.54, 1.807) is 0 Å². The third-order valence-corrected chi connectivity index (χ3v) is 5.08. The highest BCUT2D eigenvalue weighted by Gasteiger charge is 2.41. The Morgan fingerprint density at radius 1 is 0.481 bits per heavy atom. The van der Waals surface area contributed by atoms with Gasteiger partial charge in [0.25, 0.3) is 5.97 Å². The summed E-state index contributed by atoms with van der Waals surface area (Å²) in [4.78, 5) is 0. The molecule has 27 heavy (non-hydrogen) atoms. The highest BCUT2D eigenvalue weighted by Crippen LogP contribution is 2.35. The first-order valence-corrected chi connectivity index (χ1v) is 12.1. The summed E-state index contributed by atoms with van der Waals surface area (Å²) in [6.07, 6.45) is 17.0. The van der Waals surface area contributed by atoms with E-state index in [9.17, 15) is 0 Å². The monoisotopic (exact) mass is 386 g/mol. The molecule has 0 spiro atoms. The number of hydrogen-bond donors (Lipinski definition) is 0. The number of hydrogen-bond acceptors (Lipinski definition) is 3. The lowest BCUT2D eigenvalue weighted by Gasteiger charge is -2.40. The zero-order valence-electron chi connectivity index (χ0n) is 19.3. The van der Waals surface area contributed by atoms with Crippen LogP contribution < -0.4 is 0 Å². The van der Waals surface area contributed by atoms with Crippen molar-refractivity contribution in [1.82, 2.24) is 0 Å². The van der Waals surface area contributed by atoms with Crippen molar-refractivity contribution in [3.8, 4) is 0 Å². The van der Waals surface area contributed by atoms with Crippen molar-refractivity contribution < 1.29 is 14.2 Å². The molecule has 0 aromatic rings. The van der Waals surface area contributed by atoms with Crippen molar-refractivity contribution in [3.05, 3.63) is 0 Å². The zero-order chi connectivity index (χ0) is 20.2.